The Labute approximate surface area is 168 Å². The van der Waals surface area contributed by atoms with E-state index in [9.17, 15) is 19.2 Å². The van der Waals surface area contributed by atoms with E-state index >= 15 is 0 Å². The summed E-state index contributed by atoms with van der Waals surface area (Å²) in [4.78, 5) is 30.3. The van der Waals surface area contributed by atoms with Crippen LogP contribution in [-0.4, -0.2) is 58.0 Å². The van der Waals surface area contributed by atoms with Crippen LogP contribution in [0.25, 0.3) is 11.2 Å². The third kappa shape index (κ3) is 4.18. The summed E-state index contributed by atoms with van der Waals surface area (Å²) >= 11 is 0. The Morgan fingerprint density at radius 3 is 2.60 bits per heavy atom. The van der Waals surface area contributed by atoms with Gasteiger partial charge in [0.05, 0.1) is 6.33 Å². The number of hydrogen-bond acceptors (Lipinski definition) is 9. The molecule has 0 amide bonds. The molecule has 1 aliphatic heterocycles. The second-order valence-corrected chi connectivity index (χ2v) is 7.69. The number of aliphatic hydroxyl groups is 2. The second kappa shape index (κ2) is 7.96. The van der Waals surface area contributed by atoms with E-state index in [1.807, 2.05) is 0 Å². The normalized spacial score (nSPS) is 24.4. The zero-order chi connectivity index (χ0) is 21.5. The molecule has 14 heteroatoms. The van der Waals surface area contributed by atoms with Gasteiger partial charge in [0, 0.05) is 6.54 Å². The summed E-state index contributed by atoms with van der Waals surface area (Å²) in [6, 6.07) is 5.90. The van der Waals surface area contributed by atoms with Crippen LogP contribution in [0.15, 0.2) is 36.9 Å². The number of imidazole rings is 1. The Hall–Kier alpha value is -2.51. The number of nitrogens with zero attached hydrogens (tertiary/aromatic N) is 4. The minimum atomic E-state index is -4.96. The molecular formula is C16H17FN5O7P. The number of fused-ring (bicyclic) bond motifs is 1. The molecule has 3 aromatic rings. The lowest BCUT2D eigenvalue weighted by Gasteiger charge is -2.16. The first kappa shape index (κ1) is 20.8. The predicted octanol–water partition coefficient (Wildman–Crippen LogP) is 0.263. The third-order valence-corrected chi connectivity index (χ3v) is 4.92. The second-order valence-electron chi connectivity index (χ2n) is 6.50. The first-order valence-corrected chi connectivity index (χ1v) is 10.2. The van der Waals surface area contributed by atoms with Crippen molar-refractivity contribution in [2.45, 2.75) is 31.3 Å². The average Bonchev–Trinajstić information content (AvgIpc) is 3.23. The Morgan fingerprint density at radius 2 is 1.90 bits per heavy atom. The van der Waals surface area contributed by atoms with E-state index in [0.717, 1.165) is 5.56 Å². The van der Waals surface area contributed by atoms with E-state index in [1.165, 1.54) is 29.4 Å². The summed E-state index contributed by atoms with van der Waals surface area (Å²) in [5, 5.41) is 23.3. The molecule has 0 radical (unpaired) electrons. The molecule has 1 aromatic carbocycles. The molecule has 5 N–H and O–H groups in total. The van der Waals surface area contributed by atoms with Crippen LogP contribution in [0.1, 0.15) is 11.8 Å². The Bertz CT molecular complexity index is 1090. The largest absolute Gasteiger partial charge is 0.472 e. The zero-order valence-corrected chi connectivity index (χ0v) is 16.0. The van der Waals surface area contributed by atoms with E-state index < -0.39 is 32.5 Å². The standard InChI is InChI=1S/C16H17FN5O7P/c17-9-3-1-8(2-4-9)5-18-13-10-14(20-6-19-13)22(7-21-10)15-11(23)12(24)16(28-15)29-30(25,26)27/h1-4,6-7,11-12,15-16,23-24H,5H2,(H,18,19,20)(H2,25,26,27)/t11-,12-,15-,16-/m0/s1. The van der Waals surface area contributed by atoms with Crippen molar-refractivity contribution < 1.29 is 38.2 Å². The summed E-state index contributed by atoms with van der Waals surface area (Å²) in [6.45, 7) is 0.332. The van der Waals surface area contributed by atoms with Crippen molar-refractivity contribution in [1.82, 2.24) is 19.5 Å². The van der Waals surface area contributed by atoms with Gasteiger partial charge in [-0.1, -0.05) is 12.1 Å². The fraction of sp³-hybridized carbons (Fsp3) is 0.312. The van der Waals surface area contributed by atoms with E-state index in [2.05, 4.69) is 24.8 Å². The lowest BCUT2D eigenvalue weighted by atomic mass is 10.2. The lowest BCUT2D eigenvalue weighted by Crippen LogP contribution is -2.32. The van der Waals surface area contributed by atoms with Crippen molar-refractivity contribution >= 4 is 24.8 Å². The number of aliphatic hydroxyl groups excluding tert-OH is 2. The number of anilines is 1. The molecule has 0 spiro atoms. The number of ether oxygens (including phenoxy) is 1. The van der Waals surface area contributed by atoms with E-state index in [4.69, 9.17) is 14.5 Å². The highest BCUT2D eigenvalue weighted by Crippen LogP contribution is 2.43. The summed E-state index contributed by atoms with van der Waals surface area (Å²) in [7, 11) is -4.96. The molecule has 4 rings (SSSR count). The first-order valence-electron chi connectivity index (χ1n) is 8.64. The van der Waals surface area contributed by atoms with Gasteiger partial charge in [-0.15, -0.1) is 0 Å². The molecule has 0 unspecified atom stereocenters. The van der Waals surface area contributed by atoms with Gasteiger partial charge in [-0.25, -0.2) is 23.9 Å². The number of benzene rings is 1. The predicted molar refractivity (Wildman–Crippen MR) is 98.1 cm³/mol. The van der Waals surface area contributed by atoms with Crippen LogP contribution in [0.2, 0.25) is 0 Å². The molecule has 4 atom stereocenters. The van der Waals surface area contributed by atoms with Gasteiger partial charge in [0.1, 0.15) is 24.4 Å². The summed E-state index contributed by atoms with van der Waals surface area (Å²) in [5.74, 6) is 0.0133. The number of halogens is 1. The molecule has 12 nitrogen and oxygen atoms in total. The topological polar surface area (TPSA) is 172 Å². The van der Waals surface area contributed by atoms with Gasteiger partial charge in [-0.05, 0) is 17.7 Å². The summed E-state index contributed by atoms with van der Waals surface area (Å²) in [6.07, 6.45) is -3.76. The van der Waals surface area contributed by atoms with Crippen molar-refractivity contribution in [3.05, 3.63) is 48.3 Å². The highest BCUT2D eigenvalue weighted by Gasteiger charge is 2.47. The van der Waals surface area contributed by atoms with Crippen LogP contribution < -0.4 is 5.32 Å². The van der Waals surface area contributed by atoms with E-state index in [0.29, 0.717) is 17.9 Å². The van der Waals surface area contributed by atoms with Crippen molar-refractivity contribution in [1.29, 1.82) is 0 Å². The molecule has 0 saturated carbocycles. The van der Waals surface area contributed by atoms with Crippen LogP contribution in [0.3, 0.4) is 0 Å². The minimum Gasteiger partial charge on any atom is -0.385 e. The SMILES string of the molecule is O=P(O)(O)O[C@@H]1O[C@H](n2cnc3c(NCc4ccc(F)cc4)ncnc32)[C@@H](O)[C@@H]1O. The first-order chi connectivity index (χ1) is 14.2. The van der Waals surface area contributed by atoms with Gasteiger partial charge in [0.2, 0.25) is 0 Å². The quantitative estimate of drug-likeness (QED) is 0.332. The zero-order valence-electron chi connectivity index (χ0n) is 15.1. The molecule has 2 aromatic heterocycles. The monoisotopic (exact) mass is 441 g/mol. The molecule has 0 bridgehead atoms. The number of phosphoric ester groups is 1. The third-order valence-electron chi connectivity index (χ3n) is 4.44. The maximum Gasteiger partial charge on any atom is 0.472 e. The highest BCUT2D eigenvalue weighted by atomic mass is 31.2. The molecule has 1 fully saturated rings. The maximum atomic E-state index is 13.0. The fourth-order valence-corrected chi connectivity index (χ4v) is 3.48. The van der Waals surface area contributed by atoms with Crippen LogP contribution in [0, 0.1) is 5.82 Å². The molecular weight excluding hydrogens is 424 g/mol. The summed E-state index contributed by atoms with van der Waals surface area (Å²) < 4.78 is 35.0. The molecule has 1 aliphatic rings. The molecule has 160 valence electrons. The highest BCUT2D eigenvalue weighted by molar-refractivity contribution is 7.46. The van der Waals surface area contributed by atoms with Crippen molar-refractivity contribution in [3.8, 4) is 0 Å². The Balaban J connectivity index is 1.57. The number of nitrogens with one attached hydrogen (secondary N) is 1. The molecule has 0 aliphatic carbocycles. The van der Waals surface area contributed by atoms with Gasteiger partial charge < -0.3 is 30.1 Å². The van der Waals surface area contributed by atoms with Gasteiger partial charge in [-0.2, -0.15) is 0 Å². The van der Waals surface area contributed by atoms with Gasteiger partial charge in [-0.3, -0.25) is 9.09 Å². The van der Waals surface area contributed by atoms with Crippen LogP contribution in [0.4, 0.5) is 10.2 Å². The van der Waals surface area contributed by atoms with Crippen molar-refractivity contribution in [2.75, 3.05) is 5.32 Å². The number of hydrogen-bond donors (Lipinski definition) is 5. The van der Waals surface area contributed by atoms with Gasteiger partial charge in [0.15, 0.2) is 29.5 Å². The minimum absolute atomic E-state index is 0.236. The van der Waals surface area contributed by atoms with Crippen LogP contribution >= 0.6 is 7.82 Å². The van der Waals surface area contributed by atoms with E-state index in [1.54, 1.807) is 12.1 Å². The molecule has 3 heterocycles. The summed E-state index contributed by atoms with van der Waals surface area (Å²) in [5.41, 5.74) is 1.36. The molecule has 1 saturated heterocycles. The maximum absolute atomic E-state index is 13.0. The Kier molecular flexibility index (Phi) is 5.51. The fourth-order valence-electron chi connectivity index (χ4n) is 3.04. The number of phosphoric acid groups is 1. The van der Waals surface area contributed by atoms with Crippen molar-refractivity contribution in [2.24, 2.45) is 0 Å². The van der Waals surface area contributed by atoms with Crippen LogP contribution in [0.5, 0.6) is 0 Å². The molecule has 30 heavy (non-hydrogen) atoms. The average molecular weight is 441 g/mol. The van der Waals surface area contributed by atoms with E-state index in [-0.39, 0.29) is 11.5 Å². The Morgan fingerprint density at radius 1 is 1.17 bits per heavy atom. The van der Waals surface area contributed by atoms with Crippen molar-refractivity contribution in [3.63, 3.8) is 0 Å². The van der Waals surface area contributed by atoms with Crippen LogP contribution in [-0.2, 0) is 20.4 Å². The van der Waals surface area contributed by atoms with Gasteiger partial charge in [0.25, 0.3) is 0 Å². The lowest BCUT2D eigenvalue weighted by molar-refractivity contribution is -0.134. The number of rotatable bonds is 6. The smallest absolute Gasteiger partial charge is 0.385 e. The number of aromatic nitrogens is 4. The van der Waals surface area contributed by atoms with Gasteiger partial charge >= 0.3 is 7.82 Å².